The van der Waals surface area contributed by atoms with Crippen molar-refractivity contribution in [1.29, 1.82) is 0 Å². The number of nitrogens with zero attached hydrogens (tertiary/aromatic N) is 1. The molecule has 1 aromatic heterocycles. The zero-order chi connectivity index (χ0) is 10.8. The fourth-order valence-corrected chi connectivity index (χ4v) is 3.76. The highest BCUT2D eigenvalue weighted by Gasteiger charge is 2.18. The van der Waals surface area contributed by atoms with E-state index >= 15 is 0 Å². The molecule has 0 fully saturated rings. The number of sulfone groups is 1. The lowest BCUT2D eigenvalue weighted by Gasteiger charge is -2.03. The smallest absolute Gasteiger partial charge is 0.247 e. The molecule has 0 saturated carbocycles. The number of nitrogens with one attached hydrogen (secondary N) is 2. The molecule has 0 unspecified atom stereocenters. The SMILES string of the molecule is CS(=O)(=O)CS(=O)(=O)Nc1cn[nH]c1. The first kappa shape index (κ1) is 11.0. The van der Waals surface area contributed by atoms with Crippen LogP contribution < -0.4 is 4.72 Å². The van der Waals surface area contributed by atoms with Crippen LogP contribution in [0.25, 0.3) is 0 Å². The van der Waals surface area contributed by atoms with Crippen molar-refractivity contribution in [2.75, 3.05) is 16.1 Å². The van der Waals surface area contributed by atoms with Crippen LogP contribution in [0.3, 0.4) is 0 Å². The van der Waals surface area contributed by atoms with Gasteiger partial charge in [0.2, 0.25) is 10.0 Å². The Kier molecular flexibility index (Phi) is 2.81. The number of H-pyrrole nitrogens is 1. The lowest BCUT2D eigenvalue weighted by molar-refractivity contribution is 0.595. The van der Waals surface area contributed by atoms with Gasteiger partial charge in [0.25, 0.3) is 0 Å². The minimum absolute atomic E-state index is 0.202. The number of aromatic amines is 1. The third kappa shape index (κ3) is 3.75. The summed E-state index contributed by atoms with van der Waals surface area (Å²) in [6, 6.07) is 0. The van der Waals surface area contributed by atoms with Crippen molar-refractivity contribution in [1.82, 2.24) is 10.2 Å². The Morgan fingerprint density at radius 3 is 2.50 bits per heavy atom. The van der Waals surface area contributed by atoms with Crippen molar-refractivity contribution >= 4 is 25.5 Å². The van der Waals surface area contributed by atoms with E-state index in [1.807, 2.05) is 0 Å². The van der Waals surface area contributed by atoms with Gasteiger partial charge in [-0.3, -0.25) is 9.82 Å². The van der Waals surface area contributed by atoms with Gasteiger partial charge in [0.05, 0.1) is 11.9 Å². The lowest BCUT2D eigenvalue weighted by atomic mass is 10.6. The van der Waals surface area contributed by atoms with Crippen LogP contribution in [0.5, 0.6) is 0 Å². The molecular formula is C5H9N3O4S2. The standard InChI is InChI=1S/C5H9N3O4S2/c1-13(9,10)4-14(11,12)8-5-2-6-7-3-5/h2-3,8H,4H2,1H3,(H,6,7). The van der Waals surface area contributed by atoms with Crippen LogP contribution in [0, 0.1) is 0 Å². The van der Waals surface area contributed by atoms with E-state index in [1.165, 1.54) is 12.4 Å². The second-order valence-corrected chi connectivity index (χ2v) is 6.98. The number of hydrogen-bond donors (Lipinski definition) is 2. The van der Waals surface area contributed by atoms with Gasteiger partial charge in [0, 0.05) is 12.5 Å². The van der Waals surface area contributed by atoms with Gasteiger partial charge in [-0.05, 0) is 0 Å². The second kappa shape index (κ2) is 3.58. The number of aromatic nitrogens is 2. The number of anilines is 1. The van der Waals surface area contributed by atoms with Crippen LogP contribution >= 0.6 is 0 Å². The maximum Gasteiger partial charge on any atom is 0.247 e. The second-order valence-electron chi connectivity index (χ2n) is 2.75. The van der Waals surface area contributed by atoms with Gasteiger partial charge >= 0.3 is 0 Å². The van der Waals surface area contributed by atoms with Gasteiger partial charge in [0.15, 0.2) is 14.9 Å². The molecular weight excluding hydrogens is 230 g/mol. The van der Waals surface area contributed by atoms with Gasteiger partial charge in [-0.25, -0.2) is 16.8 Å². The Morgan fingerprint density at radius 1 is 1.43 bits per heavy atom. The van der Waals surface area contributed by atoms with E-state index in [2.05, 4.69) is 14.9 Å². The average molecular weight is 239 g/mol. The third-order valence-electron chi connectivity index (χ3n) is 1.14. The first-order chi connectivity index (χ1) is 6.29. The quantitative estimate of drug-likeness (QED) is 0.711. The average Bonchev–Trinajstić information content (AvgIpc) is 2.31. The third-order valence-corrected chi connectivity index (χ3v) is 4.64. The molecule has 0 aliphatic heterocycles. The van der Waals surface area contributed by atoms with Crippen molar-refractivity contribution in [3.8, 4) is 0 Å². The Morgan fingerprint density at radius 2 is 2.07 bits per heavy atom. The van der Waals surface area contributed by atoms with E-state index in [1.54, 1.807) is 0 Å². The van der Waals surface area contributed by atoms with Crippen molar-refractivity contribution in [2.45, 2.75) is 0 Å². The summed E-state index contributed by atoms with van der Waals surface area (Å²) in [7, 11) is -7.43. The first-order valence-electron chi connectivity index (χ1n) is 3.45. The zero-order valence-electron chi connectivity index (χ0n) is 7.26. The molecule has 0 bridgehead atoms. The molecule has 0 aromatic carbocycles. The minimum atomic E-state index is -3.86. The van der Waals surface area contributed by atoms with Gasteiger partial charge < -0.3 is 0 Å². The van der Waals surface area contributed by atoms with Crippen LogP contribution in [0.15, 0.2) is 12.4 Å². The molecule has 1 heterocycles. The molecule has 7 nitrogen and oxygen atoms in total. The van der Waals surface area contributed by atoms with Crippen molar-refractivity contribution < 1.29 is 16.8 Å². The summed E-state index contributed by atoms with van der Waals surface area (Å²) >= 11 is 0. The van der Waals surface area contributed by atoms with Gasteiger partial charge in [0.1, 0.15) is 0 Å². The molecule has 0 saturated heterocycles. The minimum Gasteiger partial charge on any atom is -0.284 e. The molecule has 1 aromatic rings. The highest BCUT2D eigenvalue weighted by atomic mass is 32.3. The number of rotatable bonds is 4. The van der Waals surface area contributed by atoms with Crippen LogP contribution in [0.2, 0.25) is 0 Å². The topological polar surface area (TPSA) is 109 Å². The predicted octanol–water partition coefficient (Wildman–Crippen LogP) is -0.847. The van der Waals surface area contributed by atoms with E-state index in [9.17, 15) is 16.8 Å². The van der Waals surface area contributed by atoms with Crippen LogP contribution in [0.4, 0.5) is 5.69 Å². The molecule has 0 spiro atoms. The molecule has 1 rings (SSSR count). The summed E-state index contributed by atoms with van der Waals surface area (Å²) in [6.07, 6.45) is 3.39. The highest BCUT2D eigenvalue weighted by Crippen LogP contribution is 2.06. The van der Waals surface area contributed by atoms with Crippen molar-refractivity contribution in [3.05, 3.63) is 12.4 Å². The summed E-state index contributed by atoms with van der Waals surface area (Å²) in [6.45, 7) is 0. The van der Waals surface area contributed by atoms with Gasteiger partial charge in [-0.2, -0.15) is 5.10 Å². The van der Waals surface area contributed by atoms with E-state index in [-0.39, 0.29) is 5.69 Å². The summed E-state index contributed by atoms with van der Waals surface area (Å²) in [4.78, 5) is 0. The fraction of sp³-hybridized carbons (Fsp3) is 0.400. The highest BCUT2D eigenvalue weighted by molar-refractivity contribution is 8.08. The molecule has 0 amide bonds. The normalized spacial score (nSPS) is 12.6. The van der Waals surface area contributed by atoms with Gasteiger partial charge in [-0.15, -0.1) is 0 Å². The Bertz CT molecular complexity index is 487. The van der Waals surface area contributed by atoms with E-state index in [0.717, 1.165) is 6.26 Å². The monoisotopic (exact) mass is 239 g/mol. The number of hydrogen-bond acceptors (Lipinski definition) is 5. The Hall–Kier alpha value is -1.09. The molecule has 0 aliphatic rings. The van der Waals surface area contributed by atoms with E-state index in [4.69, 9.17) is 0 Å². The van der Waals surface area contributed by atoms with E-state index in [0.29, 0.717) is 0 Å². The van der Waals surface area contributed by atoms with Crippen molar-refractivity contribution in [3.63, 3.8) is 0 Å². The molecule has 2 N–H and O–H groups in total. The maximum absolute atomic E-state index is 11.2. The number of sulfonamides is 1. The molecule has 80 valence electrons. The maximum atomic E-state index is 11.2. The molecule has 0 radical (unpaired) electrons. The Labute approximate surface area is 81.5 Å². The Balaban J connectivity index is 2.79. The van der Waals surface area contributed by atoms with Crippen LogP contribution in [-0.2, 0) is 19.9 Å². The molecule has 14 heavy (non-hydrogen) atoms. The van der Waals surface area contributed by atoms with E-state index < -0.39 is 24.9 Å². The summed E-state index contributed by atoms with van der Waals surface area (Å²) in [5, 5.41) is 4.95. The molecule has 0 atom stereocenters. The van der Waals surface area contributed by atoms with Gasteiger partial charge in [-0.1, -0.05) is 0 Å². The predicted molar refractivity (Wildman–Crippen MR) is 50.8 cm³/mol. The fourth-order valence-electron chi connectivity index (χ4n) is 0.798. The first-order valence-corrected chi connectivity index (χ1v) is 7.17. The lowest BCUT2D eigenvalue weighted by Crippen LogP contribution is -2.21. The van der Waals surface area contributed by atoms with Crippen LogP contribution in [0.1, 0.15) is 0 Å². The zero-order valence-corrected chi connectivity index (χ0v) is 8.89. The largest absolute Gasteiger partial charge is 0.284 e. The van der Waals surface area contributed by atoms with Crippen LogP contribution in [-0.4, -0.2) is 38.4 Å². The summed E-state index contributed by atoms with van der Waals surface area (Å²) in [5.74, 6) is 0. The van der Waals surface area contributed by atoms with Crippen molar-refractivity contribution in [2.24, 2.45) is 0 Å². The molecule has 9 heteroatoms. The summed E-state index contributed by atoms with van der Waals surface area (Å²) < 4.78 is 45.9. The molecule has 0 aliphatic carbocycles. The summed E-state index contributed by atoms with van der Waals surface area (Å²) in [5.41, 5.74) is 0.202.